The van der Waals surface area contributed by atoms with Crippen molar-refractivity contribution in [2.45, 2.75) is 13.3 Å². The summed E-state index contributed by atoms with van der Waals surface area (Å²) in [5, 5.41) is 2.38. The van der Waals surface area contributed by atoms with Crippen molar-refractivity contribution >= 4 is 34.1 Å². The maximum absolute atomic E-state index is 6.15. The van der Waals surface area contributed by atoms with E-state index < -0.39 is 0 Å². The van der Waals surface area contributed by atoms with Crippen LogP contribution in [0.2, 0.25) is 10.0 Å². The summed E-state index contributed by atoms with van der Waals surface area (Å²) in [5.41, 5.74) is 8.82. The van der Waals surface area contributed by atoms with Gasteiger partial charge in [-0.15, -0.1) is 0 Å². The molecule has 0 bridgehead atoms. The Bertz CT molecular complexity index is 503. The zero-order chi connectivity index (χ0) is 11.0. The molecule has 80 valence electrons. The number of hydrogen-bond donors (Lipinski definition) is 2. The summed E-state index contributed by atoms with van der Waals surface area (Å²) in [7, 11) is 0. The molecule has 0 atom stereocenters. The lowest BCUT2D eigenvalue weighted by molar-refractivity contribution is 0.930. The van der Waals surface area contributed by atoms with Gasteiger partial charge in [0.15, 0.2) is 0 Å². The first kappa shape index (κ1) is 10.8. The van der Waals surface area contributed by atoms with Gasteiger partial charge >= 0.3 is 0 Å². The number of rotatable bonds is 2. The Hall–Kier alpha value is -0.700. The molecule has 0 aliphatic rings. The van der Waals surface area contributed by atoms with E-state index in [4.69, 9.17) is 28.9 Å². The van der Waals surface area contributed by atoms with Crippen LogP contribution in [-0.2, 0) is 6.42 Å². The molecule has 0 unspecified atom stereocenters. The first-order valence-electron chi connectivity index (χ1n) is 4.79. The molecule has 1 heterocycles. The Morgan fingerprint density at radius 3 is 2.73 bits per heavy atom. The van der Waals surface area contributed by atoms with Crippen LogP contribution in [0.4, 0.5) is 0 Å². The summed E-state index contributed by atoms with van der Waals surface area (Å²) in [5.74, 6) is 0. The molecule has 0 saturated carbocycles. The quantitative estimate of drug-likeness (QED) is 0.834. The fraction of sp³-hybridized carbons (Fsp3) is 0.273. The molecule has 0 aliphatic heterocycles. The van der Waals surface area contributed by atoms with E-state index in [1.165, 1.54) is 0 Å². The number of fused-ring (bicyclic) bond motifs is 1. The highest BCUT2D eigenvalue weighted by atomic mass is 35.5. The first-order valence-corrected chi connectivity index (χ1v) is 5.55. The van der Waals surface area contributed by atoms with E-state index in [0.29, 0.717) is 16.6 Å². The summed E-state index contributed by atoms with van der Waals surface area (Å²) in [6.07, 6.45) is 0.828. The molecular weight excluding hydrogens is 231 g/mol. The Morgan fingerprint density at radius 1 is 1.33 bits per heavy atom. The van der Waals surface area contributed by atoms with Crippen molar-refractivity contribution in [2.24, 2.45) is 5.73 Å². The van der Waals surface area contributed by atoms with Gasteiger partial charge in [0.05, 0.1) is 5.02 Å². The van der Waals surface area contributed by atoms with E-state index in [1.807, 2.05) is 13.0 Å². The van der Waals surface area contributed by atoms with Gasteiger partial charge in [-0.25, -0.2) is 0 Å². The normalized spacial score (nSPS) is 11.2. The fourth-order valence-corrected chi connectivity index (χ4v) is 2.49. The molecule has 15 heavy (non-hydrogen) atoms. The van der Waals surface area contributed by atoms with E-state index in [9.17, 15) is 0 Å². The number of H-pyrrole nitrogens is 1. The third kappa shape index (κ3) is 1.85. The Labute approximate surface area is 98.4 Å². The Morgan fingerprint density at radius 2 is 2.07 bits per heavy atom. The standard InChI is InChI=1S/C11H12Cl2N2/c1-6-9(2-3-14)15-10-5-7(12)4-8(13)11(6)10/h4-5,15H,2-3,14H2,1H3. The van der Waals surface area contributed by atoms with Crippen LogP contribution in [0.25, 0.3) is 10.9 Å². The van der Waals surface area contributed by atoms with Crippen molar-refractivity contribution in [3.63, 3.8) is 0 Å². The lowest BCUT2D eigenvalue weighted by Gasteiger charge is -1.97. The number of halogens is 2. The Kier molecular flexibility index (Phi) is 2.91. The summed E-state index contributed by atoms with van der Waals surface area (Å²) in [6.45, 7) is 2.67. The van der Waals surface area contributed by atoms with Crippen molar-refractivity contribution in [3.05, 3.63) is 33.4 Å². The molecule has 2 nitrogen and oxygen atoms in total. The SMILES string of the molecule is Cc1c(CCN)[nH]c2cc(Cl)cc(Cl)c12. The van der Waals surface area contributed by atoms with Gasteiger partial charge < -0.3 is 10.7 Å². The second-order valence-corrected chi connectivity index (χ2v) is 4.42. The zero-order valence-electron chi connectivity index (χ0n) is 8.40. The molecule has 0 aliphatic carbocycles. The second kappa shape index (κ2) is 4.05. The van der Waals surface area contributed by atoms with Gasteiger partial charge in [-0.3, -0.25) is 0 Å². The minimum Gasteiger partial charge on any atom is -0.358 e. The summed E-state index contributed by atoms with van der Waals surface area (Å²) >= 11 is 12.1. The highest BCUT2D eigenvalue weighted by Crippen LogP contribution is 2.31. The van der Waals surface area contributed by atoms with Gasteiger partial charge in [-0.2, -0.15) is 0 Å². The molecule has 2 rings (SSSR count). The summed E-state index contributed by atoms with van der Waals surface area (Å²) in [6, 6.07) is 3.65. The van der Waals surface area contributed by atoms with Crippen LogP contribution in [-0.4, -0.2) is 11.5 Å². The summed E-state index contributed by atoms with van der Waals surface area (Å²) < 4.78 is 0. The molecule has 1 aromatic carbocycles. The molecule has 0 radical (unpaired) electrons. The van der Waals surface area contributed by atoms with Crippen molar-refractivity contribution in [3.8, 4) is 0 Å². The van der Waals surface area contributed by atoms with Crippen LogP contribution >= 0.6 is 23.2 Å². The Balaban J connectivity index is 2.70. The molecule has 3 N–H and O–H groups in total. The summed E-state index contributed by atoms with van der Waals surface area (Å²) in [4.78, 5) is 3.30. The van der Waals surface area contributed by atoms with Gasteiger partial charge in [0.1, 0.15) is 0 Å². The highest BCUT2D eigenvalue weighted by molar-refractivity contribution is 6.38. The number of nitrogens with two attached hydrogens (primary N) is 1. The van der Waals surface area contributed by atoms with Gasteiger partial charge in [-0.1, -0.05) is 23.2 Å². The van der Waals surface area contributed by atoms with Crippen LogP contribution in [0, 0.1) is 6.92 Å². The van der Waals surface area contributed by atoms with Crippen LogP contribution in [0.1, 0.15) is 11.3 Å². The average Bonchev–Trinajstić information content (AvgIpc) is 2.43. The maximum Gasteiger partial charge on any atom is 0.0517 e. The van der Waals surface area contributed by atoms with E-state index in [2.05, 4.69) is 4.98 Å². The van der Waals surface area contributed by atoms with Gasteiger partial charge in [-0.05, 0) is 31.2 Å². The van der Waals surface area contributed by atoms with E-state index in [1.54, 1.807) is 6.07 Å². The van der Waals surface area contributed by atoms with Crippen LogP contribution < -0.4 is 5.73 Å². The molecule has 0 amide bonds. The number of benzene rings is 1. The van der Waals surface area contributed by atoms with Crippen LogP contribution in [0.3, 0.4) is 0 Å². The van der Waals surface area contributed by atoms with Crippen LogP contribution in [0.5, 0.6) is 0 Å². The number of aryl methyl sites for hydroxylation is 1. The molecule has 0 spiro atoms. The minimum absolute atomic E-state index is 0.624. The van der Waals surface area contributed by atoms with Crippen molar-refractivity contribution in [2.75, 3.05) is 6.54 Å². The van der Waals surface area contributed by atoms with Crippen molar-refractivity contribution in [1.82, 2.24) is 4.98 Å². The molecule has 4 heteroatoms. The second-order valence-electron chi connectivity index (χ2n) is 3.58. The highest BCUT2D eigenvalue weighted by Gasteiger charge is 2.10. The zero-order valence-corrected chi connectivity index (χ0v) is 9.91. The van der Waals surface area contributed by atoms with E-state index >= 15 is 0 Å². The lowest BCUT2D eigenvalue weighted by atomic mass is 10.1. The number of hydrogen-bond acceptors (Lipinski definition) is 1. The van der Waals surface area contributed by atoms with Crippen molar-refractivity contribution < 1.29 is 0 Å². The number of aromatic nitrogens is 1. The van der Waals surface area contributed by atoms with Crippen LogP contribution in [0.15, 0.2) is 12.1 Å². The monoisotopic (exact) mass is 242 g/mol. The van der Waals surface area contributed by atoms with E-state index in [0.717, 1.165) is 28.6 Å². The van der Waals surface area contributed by atoms with E-state index in [-0.39, 0.29) is 0 Å². The topological polar surface area (TPSA) is 41.8 Å². The predicted octanol–water partition coefficient (Wildman–Crippen LogP) is 3.28. The average molecular weight is 243 g/mol. The fourth-order valence-electron chi connectivity index (χ4n) is 1.85. The molecule has 0 fully saturated rings. The maximum atomic E-state index is 6.15. The van der Waals surface area contributed by atoms with Gasteiger partial charge in [0.25, 0.3) is 0 Å². The van der Waals surface area contributed by atoms with Crippen molar-refractivity contribution in [1.29, 1.82) is 0 Å². The third-order valence-corrected chi connectivity index (χ3v) is 3.08. The smallest absolute Gasteiger partial charge is 0.0517 e. The molecular formula is C11H12Cl2N2. The predicted molar refractivity (Wildman–Crippen MR) is 65.8 cm³/mol. The lowest BCUT2D eigenvalue weighted by Crippen LogP contribution is -2.03. The number of nitrogens with one attached hydrogen (secondary N) is 1. The van der Waals surface area contributed by atoms with Gasteiger partial charge in [0, 0.05) is 28.0 Å². The molecule has 2 aromatic rings. The van der Waals surface area contributed by atoms with Gasteiger partial charge in [0.2, 0.25) is 0 Å². The molecule has 0 saturated heterocycles. The third-order valence-electron chi connectivity index (χ3n) is 2.56. The molecule has 1 aromatic heterocycles. The number of aromatic amines is 1. The first-order chi connectivity index (χ1) is 7.13. The minimum atomic E-state index is 0.624. The largest absolute Gasteiger partial charge is 0.358 e.